The van der Waals surface area contributed by atoms with E-state index in [1.807, 2.05) is 0 Å². The topological polar surface area (TPSA) is 99.6 Å². The number of aliphatic carboxylic acids is 1. The number of nitrogens with zero attached hydrogens (tertiary/aromatic N) is 2. The Morgan fingerprint density at radius 2 is 2.08 bits per heavy atom. The molecule has 1 saturated heterocycles. The molecule has 0 spiro atoms. The number of likely N-dealkylation sites (tertiary alicyclic amines) is 1. The lowest BCUT2D eigenvalue weighted by molar-refractivity contribution is -0.149. The number of carbonyl (C=O) groups is 3. The molecule has 3 rings (SSSR count). The number of carbonyl (C=O) groups excluding carboxylic acids is 2. The number of nitrogens with one attached hydrogen (secondary N) is 1. The highest BCUT2D eigenvalue weighted by Crippen LogP contribution is 2.39. The molecule has 1 saturated carbocycles. The molecule has 128 valence electrons. The number of carboxylic acid groups (broad SMARTS) is 1. The van der Waals surface area contributed by atoms with Crippen LogP contribution in [0.4, 0.5) is 0 Å². The van der Waals surface area contributed by atoms with E-state index in [1.165, 1.54) is 11.1 Å². The molecule has 1 aliphatic carbocycles. The van der Waals surface area contributed by atoms with Crippen LogP contribution in [0.5, 0.6) is 0 Å². The molecule has 3 unspecified atom stereocenters. The number of pyridine rings is 1. The van der Waals surface area contributed by atoms with Gasteiger partial charge in [-0.05, 0) is 37.3 Å². The van der Waals surface area contributed by atoms with E-state index in [-0.39, 0.29) is 30.3 Å². The molecule has 7 heteroatoms. The van der Waals surface area contributed by atoms with E-state index in [0.29, 0.717) is 12.0 Å². The summed E-state index contributed by atoms with van der Waals surface area (Å²) in [6.07, 6.45) is 7.42. The lowest BCUT2D eigenvalue weighted by Gasteiger charge is -2.33. The molecule has 0 bridgehead atoms. The van der Waals surface area contributed by atoms with Crippen molar-refractivity contribution in [2.45, 2.75) is 44.2 Å². The Morgan fingerprint density at radius 1 is 1.29 bits per heavy atom. The smallest absolute Gasteiger partial charge is 0.326 e. The van der Waals surface area contributed by atoms with Crippen LogP contribution in [0.2, 0.25) is 0 Å². The lowest BCUT2D eigenvalue weighted by Crippen LogP contribution is -2.50. The summed E-state index contributed by atoms with van der Waals surface area (Å²) < 4.78 is 0. The van der Waals surface area contributed by atoms with Gasteiger partial charge in [0.15, 0.2) is 0 Å². The Labute approximate surface area is 140 Å². The van der Waals surface area contributed by atoms with Crippen molar-refractivity contribution in [3.05, 3.63) is 30.1 Å². The fourth-order valence-corrected chi connectivity index (χ4v) is 3.89. The summed E-state index contributed by atoms with van der Waals surface area (Å²) in [5.41, 5.74) is 0.372. The van der Waals surface area contributed by atoms with Crippen molar-refractivity contribution in [1.29, 1.82) is 0 Å². The second-order valence-electron chi connectivity index (χ2n) is 6.43. The Balaban J connectivity index is 1.66. The van der Waals surface area contributed by atoms with Crippen LogP contribution in [0.25, 0.3) is 0 Å². The number of carboxylic acids is 1. The first-order valence-electron chi connectivity index (χ1n) is 8.30. The third kappa shape index (κ3) is 3.25. The highest BCUT2D eigenvalue weighted by atomic mass is 16.4. The van der Waals surface area contributed by atoms with Crippen LogP contribution in [-0.2, 0) is 9.59 Å². The SMILES string of the molecule is O=C(NCC(=O)N1C(C(=O)O)CC2CCCCC21)c1cccnc1. The summed E-state index contributed by atoms with van der Waals surface area (Å²) in [7, 11) is 0. The first-order valence-corrected chi connectivity index (χ1v) is 8.30. The van der Waals surface area contributed by atoms with E-state index < -0.39 is 12.0 Å². The minimum absolute atomic E-state index is 0.0114. The number of rotatable bonds is 4. The molecule has 2 aliphatic rings. The maximum absolute atomic E-state index is 12.6. The van der Waals surface area contributed by atoms with Crippen LogP contribution in [0.1, 0.15) is 42.5 Å². The zero-order chi connectivity index (χ0) is 17.1. The van der Waals surface area contributed by atoms with Gasteiger partial charge in [0.2, 0.25) is 5.91 Å². The number of amides is 2. The molecule has 1 aromatic rings. The van der Waals surface area contributed by atoms with Crippen LogP contribution in [-0.4, -0.2) is 51.4 Å². The molecular weight excluding hydrogens is 310 g/mol. The minimum atomic E-state index is -0.962. The highest BCUT2D eigenvalue weighted by Gasteiger charge is 2.47. The lowest BCUT2D eigenvalue weighted by atomic mass is 9.85. The summed E-state index contributed by atoms with van der Waals surface area (Å²) in [6, 6.07) is 2.47. The first kappa shape index (κ1) is 16.4. The quantitative estimate of drug-likeness (QED) is 0.859. The van der Waals surface area contributed by atoms with Crippen molar-refractivity contribution >= 4 is 17.8 Å². The molecule has 2 heterocycles. The van der Waals surface area contributed by atoms with E-state index in [0.717, 1.165) is 25.7 Å². The van der Waals surface area contributed by atoms with Crippen LogP contribution in [0, 0.1) is 5.92 Å². The number of fused-ring (bicyclic) bond motifs is 1. The monoisotopic (exact) mass is 331 g/mol. The minimum Gasteiger partial charge on any atom is -0.480 e. The van der Waals surface area contributed by atoms with Crippen molar-refractivity contribution in [1.82, 2.24) is 15.2 Å². The van der Waals surface area contributed by atoms with Crippen molar-refractivity contribution in [2.75, 3.05) is 6.54 Å². The van der Waals surface area contributed by atoms with E-state index in [9.17, 15) is 19.5 Å². The van der Waals surface area contributed by atoms with Crippen molar-refractivity contribution < 1.29 is 19.5 Å². The Morgan fingerprint density at radius 3 is 2.79 bits per heavy atom. The van der Waals surface area contributed by atoms with E-state index in [2.05, 4.69) is 10.3 Å². The molecule has 2 amide bonds. The van der Waals surface area contributed by atoms with E-state index in [1.54, 1.807) is 18.3 Å². The molecule has 7 nitrogen and oxygen atoms in total. The van der Waals surface area contributed by atoms with Gasteiger partial charge in [0.25, 0.3) is 5.91 Å². The van der Waals surface area contributed by atoms with Gasteiger partial charge in [0.05, 0.1) is 12.1 Å². The zero-order valence-corrected chi connectivity index (χ0v) is 13.4. The normalized spacial score (nSPS) is 25.8. The average molecular weight is 331 g/mol. The molecule has 3 atom stereocenters. The molecule has 2 N–H and O–H groups in total. The fraction of sp³-hybridized carbons (Fsp3) is 0.529. The van der Waals surface area contributed by atoms with Crippen molar-refractivity contribution in [2.24, 2.45) is 5.92 Å². The molecule has 0 radical (unpaired) electrons. The largest absolute Gasteiger partial charge is 0.480 e. The highest BCUT2D eigenvalue weighted by molar-refractivity contribution is 5.96. The van der Waals surface area contributed by atoms with Gasteiger partial charge >= 0.3 is 5.97 Å². The predicted octanol–water partition coefficient (Wildman–Crippen LogP) is 1.06. The van der Waals surface area contributed by atoms with Gasteiger partial charge < -0.3 is 15.3 Å². The van der Waals surface area contributed by atoms with Crippen molar-refractivity contribution in [3.63, 3.8) is 0 Å². The predicted molar refractivity (Wildman–Crippen MR) is 85.2 cm³/mol. The number of hydrogen-bond donors (Lipinski definition) is 2. The fourth-order valence-electron chi connectivity index (χ4n) is 3.89. The zero-order valence-electron chi connectivity index (χ0n) is 13.4. The molecule has 2 fully saturated rings. The third-order valence-corrected chi connectivity index (χ3v) is 4.98. The maximum atomic E-state index is 12.6. The van der Waals surface area contributed by atoms with Crippen LogP contribution in [0.15, 0.2) is 24.5 Å². The molecule has 24 heavy (non-hydrogen) atoms. The molecule has 1 aliphatic heterocycles. The van der Waals surface area contributed by atoms with Crippen LogP contribution >= 0.6 is 0 Å². The summed E-state index contributed by atoms with van der Waals surface area (Å²) in [5, 5.41) is 12.0. The number of hydrogen-bond acceptors (Lipinski definition) is 4. The summed E-state index contributed by atoms with van der Waals surface area (Å²) in [5.74, 6) is -1.41. The Hall–Kier alpha value is -2.44. The molecular formula is C17H21N3O4. The summed E-state index contributed by atoms with van der Waals surface area (Å²) in [6.45, 7) is -0.194. The van der Waals surface area contributed by atoms with Crippen LogP contribution < -0.4 is 5.32 Å². The maximum Gasteiger partial charge on any atom is 0.326 e. The van der Waals surface area contributed by atoms with Crippen molar-refractivity contribution in [3.8, 4) is 0 Å². The van der Waals surface area contributed by atoms with Gasteiger partial charge in [0, 0.05) is 18.4 Å². The number of aromatic nitrogens is 1. The molecule has 1 aromatic heterocycles. The summed E-state index contributed by atoms with van der Waals surface area (Å²) >= 11 is 0. The summed E-state index contributed by atoms with van der Waals surface area (Å²) in [4.78, 5) is 41.5. The third-order valence-electron chi connectivity index (χ3n) is 4.98. The van der Waals surface area contributed by atoms with E-state index in [4.69, 9.17) is 0 Å². The Bertz CT molecular complexity index is 634. The van der Waals surface area contributed by atoms with Gasteiger partial charge in [-0.1, -0.05) is 12.8 Å². The van der Waals surface area contributed by atoms with Gasteiger partial charge in [-0.3, -0.25) is 14.6 Å². The second kappa shape index (κ2) is 6.98. The van der Waals surface area contributed by atoms with Gasteiger partial charge in [0.1, 0.15) is 6.04 Å². The first-order chi connectivity index (χ1) is 11.6. The standard InChI is InChI=1S/C17H21N3O4/c21-15(10-19-16(22)12-5-3-7-18-9-12)20-13-6-2-1-4-11(13)8-14(20)17(23)24/h3,5,7,9,11,13-14H,1-2,4,6,8,10H2,(H,19,22)(H,23,24). The van der Waals surface area contributed by atoms with Crippen LogP contribution in [0.3, 0.4) is 0 Å². The molecule has 0 aromatic carbocycles. The van der Waals surface area contributed by atoms with Gasteiger partial charge in [-0.15, -0.1) is 0 Å². The van der Waals surface area contributed by atoms with Gasteiger partial charge in [-0.25, -0.2) is 4.79 Å². The second-order valence-corrected chi connectivity index (χ2v) is 6.43. The van der Waals surface area contributed by atoms with E-state index >= 15 is 0 Å². The van der Waals surface area contributed by atoms with Gasteiger partial charge in [-0.2, -0.15) is 0 Å². The average Bonchev–Trinajstić information content (AvgIpc) is 3.00. The Kier molecular flexibility index (Phi) is 4.78.